The number of esters is 1. The summed E-state index contributed by atoms with van der Waals surface area (Å²) in [6.45, 7) is 8.74. The number of benzene rings is 3. The molecule has 1 fully saturated rings. The van der Waals surface area contributed by atoms with Crippen LogP contribution in [-0.4, -0.2) is 37.2 Å². The molecule has 1 saturated heterocycles. The van der Waals surface area contributed by atoms with Crippen molar-refractivity contribution < 1.29 is 9.53 Å². The highest BCUT2D eigenvalue weighted by molar-refractivity contribution is 7.80. The van der Waals surface area contributed by atoms with E-state index in [9.17, 15) is 4.79 Å². The summed E-state index contributed by atoms with van der Waals surface area (Å²) >= 11 is 18.6. The molecular weight excluding hydrogens is 577 g/mol. The van der Waals surface area contributed by atoms with Crippen molar-refractivity contribution in [1.82, 2.24) is 10.2 Å². The van der Waals surface area contributed by atoms with Gasteiger partial charge in [0.15, 0.2) is 5.11 Å². The van der Waals surface area contributed by atoms with Crippen molar-refractivity contribution in [3.63, 3.8) is 0 Å². The Morgan fingerprint density at radius 2 is 1.85 bits per heavy atom. The lowest BCUT2D eigenvalue weighted by Crippen LogP contribution is -2.42. The third-order valence-electron chi connectivity index (χ3n) is 7.73. The second-order valence-corrected chi connectivity index (χ2v) is 18.6. The van der Waals surface area contributed by atoms with Gasteiger partial charge in [0, 0.05) is 32.8 Å². The van der Waals surface area contributed by atoms with Gasteiger partial charge < -0.3 is 20.3 Å². The van der Waals surface area contributed by atoms with Crippen LogP contribution in [0.3, 0.4) is 0 Å². The quantitative estimate of drug-likeness (QED) is 0.160. The van der Waals surface area contributed by atoms with E-state index in [1.807, 2.05) is 54.6 Å². The molecule has 0 spiro atoms. The minimum absolute atomic E-state index is 0.0128. The predicted octanol–water partition coefficient (Wildman–Crippen LogP) is 8.09. The Morgan fingerprint density at radius 3 is 2.58 bits per heavy atom. The van der Waals surface area contributed by atoms with Crippen LogP contribution in [0.1, 0.15) is 45.6 Å². The highest BCUT2D eigenvalue weighted by Crippen LogP contribution is 2.51. The molecule has 3 aromatic carbocycles. The van der Waals surface area contributed by atoms with E-state index in [1.165, 1.54) is 5.56 Å². The third kappa shape index (κ3) is 6.49. The average Bonchev–Trinajstić information content (AvgIpc) is 3.38. The van der Waals surface area contributed by atoms with Gasteiger partial charge in [0.1, 0.15) is 0 Å². The molecule has 3 atom stereocenters. The van der Waals surface area contributed by atoms with Crippen molar-refractivity contribution in [3.05, 3.63) is 99.0 Å². The van der Waals surface area contributed by atoms with Gasteiger partial charge in [0.2, 0.25) is 0 Å². The molecule has 0 aliphatic carbocycles. The maximum Gasteiger partial charge on any atom is 0.338 e. The van der Waals surface area contributed by atoms with Gasteiger partial charge in [-0.25, -0.2) is 4.79 Å². The summed E-state index contributed by atoms with van der Waals surface area (Å²) < 4.78 is 5.68. The fourth-order valence-electron chi connectivity index (χ4n) is 5.58. The lowest BCUT2D eigenvalue weighted by Gasteiger charge is -2.41. The summed E-state index contributed by atoms with van der Waals surface area (Å²) in [4.78, 5) is 15.3. The molecule has 3 aromatic rings. The van der Waals surface area contributed by atoms with Gasteiger partial charge in [0.05, 0.1) is 34.3 Å². The van der Waals surface area contributed by atoms with Crippen molar-refractivity contribution in [2.75, 3.05) is 18.5 Å². The Bertz CT molecular complexity index is 1400. The molecule has 210 valence electrons. The zero-order valence-electron chi connectivity index (χ0n) is 23.0. The van der Waals surface area contributed by atoms with Crippen LogP contribution in [0.5, 0.6) is 0 Å². The second-order valence-electron chi connectivity index (χ2n) is 11.8. The molecule has 3 unspecified atom stereocenters. The number of halogens is 2. The number of thiocarbonyl (C=S) groups is 1. The Labute approximate surface area is 253 Å². The number of nitrogens with zero attached hydrogens (tertiary/aromatic N) is 1. The van der Waals surface area contributed by atoms with Gasteiger partial charge in [-0.15, -0.1) is 0 Å². The first-order valence-corrected chi connectivity index (χ1v) is 18.6. The van der Waals surface area contributed by atoms with Gasteiger partial charge in [-0.2, -0.15) is 0 Å². The molecule has 5 nitrogen and oxygen atoms in total. The van der Waals surface area contributed by atoms with Crippen molar-refractivity contribution in [3.8, 4) is 0 Å². The summed E-state index contributed by atoms with van der Waals surface area (Å²) in [7, 11) is -1.30. The highest BCUT2D eigenvalue weighted by atomic mass is 35.5. The highest BCUT2D eigenvalue weighted by Gasteiger charge is 2.45. The molecule has 2 N–H and O–H groups in total. The summed E-state index contributed by atoms with van der Waals surface area (Å²) in [6.07, 6.45) is 0.931. The molecule has 40 heavy (non-hydrogen) atoms. The van der Waals surface area contributed by atoms with E-state index in [0.29, 0.717) is 33.9 Å². The van der Waals surface area contributed by atoms with Crippen LogP contribution in [0.2, 0.25) is 35.7 Å². The summed E-state index contributed by atoms with van der Waals surface area (Å²) in [5, 5.41) is 8.99. The number of hydrogen-bond acceptors (Lipinski definition) is 4. The Morgan fingerprint density at radius 1 is 1.07 bits per heavy atom. The predicted molar refractivity (Wildman–Crippen MR) is 171 cm³/mol. The van der Waals surface area contributed by atoms with Crippen LogP contribution in [0.15, 0.2) is 66.7 Å². The van der Waals surface area contributed by atoms with Crippen molar-refractivity contribution in [1.29, 1.82) is 0 Å². The number of anilines is 1. The standard InChI is InChI=1S/C31H35Cl2N3O2SSi/c1-40(2,3)16-15-38-30(37)22-10-12-27-24(17-22)29-23(28(35-27)21-9-11-25(32)26(33)18-21)13-14-36(29)31(39)34-19-20-7-5-4-6-8-20/h4-12,17-18,23,28-29,35H,13-16,19H2,1-3H3,(H,34,39). The van der Waals surface area contributed by atoms with E-state index in [-0.39, 0.29) is 24.0 Å². The van der Waals surface area contributed by atoms with E-state index in [1.54, 1.807) is 0 Å². The van der Waals surface area contributed by atoms with Crippen molar-refractivity contribution in [2.24, 2.45) is 5.92 Å². The maximum absolute atomic E-state index is 13.0. The smallest absolute Gasteiger partial charge is 0.338 e. The molecule has 0 bridgehead atoms. The molecular formula is C31H35Cl2N3O2SSi. The summed E-state index contributed by atoms with van der Waals surface area (Å²) in [5.74, 6) is -0.0714. The molecule has 0 aromatic heterocycles. The number of hydrogen-bond donors (Lipinski definition) is 2. The largest absolute Gasteiger partial charge is 0.462 e. The number of carbonyl (C=O) groups is 1. The normalized spacial score (nSPS) is 19.8. The van der Waals surface area contributed by atoms with E-state index in [0.717, 1.165) is 35.8 Å². The number of nitrogens with one attached hydrogen (secondary N) is 2. The summed E-state index contributed by atoms with van der Waals surface area (Å²) in [5.41, 5.74) is 4.85. The molecule has 2 aliphatic rings. The zero-order chi connectivity index (χ0) is 28.4. The number of rotatable bonds is 7. The van der Waals surface area contributed by atoms with Gasteiger partial charge >= 0.3 is 5.97 Å². The first-order chi connectivity index (χ1) is 19.1. The number of likely N-dealkylation sites (tertiary alicyclic amines) is 1. The first kappa shape index (κ1) is 28.9. The second kappa shape index (κ2) is 12.1. The Hall–Kier alpha value is -2.58. The minimum Gasteiger partial charge on any atom is -0.462 e. The monoisotopic (exact) mass is 611 g/mol. The molecule has 5 rings (SSSR count). The molecule has 9 heteroatoms. The lowest BCUT2D eigenvalue weighted by molar-refractivity contribution is 0.0525. The Kier molecular flexibility index (Phi) is 8.76. The van der Waals surface area contributed by atoms with Crippen molar-refractivity contribution in [2.45, 2.75) is 50.7 Å². The topological polar surface area (TPSA) is 53.6 Å². The molecule has 0 radical (unpaired) electrons. The van der Waals surface area contributed by atoms with Gasteiger partial charge in [-0.05, 0) is 71.7 Å². The summed E-state index contributed by atoms with van der Waals surface area (Å²) in [6, 6.07) is 22.8. The lowest BCUT2D eigenvalue weighted by atomic mass is 9.79. The van der Waals surface area contributed by atoms with Gasteiger partial charge in [0.25, 0.3) is 0 Å². The number of fused-ring (bicyclic) bond motifs is 3. The molecule has 0 saturated carbocycles. The van der Waals surface area contributed by atoms with Crippen LogP contribution in [0.25, 0.3) is 0 Å². The van der Waals surface area contributed by atoms with Gasteiger partial charge in [-0.3, -0.25) is 0 Å². The van der Waals surface area contributed by atoms with Crippen LogP contribution < -0.4 is 10.6 Å². The SMILES string of the molecule is C[Si](C)(C)CCOC(=O)c1ccc2c(c1)C1C(CCN1C(=S)NCc1ccccc1)C(c1ccc(Cl)c(Cl)c1)N2. The van der Waals surface area contributed by atoms with Crippen LogP contribution in [-0.2, 0) is 11.3 Å². The third-order valence-corrected chi connectivity index (χ3v) is 10.5. The van der Waals surface area contributed by atoms with E-state index >= 15 is 0 Å². The van der Waals surface area contributed by atoms with Crippen LogP contribution in [0, 0.1) is 5.92 Å². The number of ether oxygens (including phenoxy) is 1. The Balaban J connectivity index is 1.44. The van der Waals surface area contributed by atoms with Crippen molar-refractivity contribution >= 4 is 60.3 Å². The fraction of sp³-hybridized carbons (Fsp3) is 0.355. The maximum atomic E-state index is 13.0. The number of carbonyl (C=O) groups excluding carboxylic acids is 1. The van der Waals surface area contributed by atoms with Crippen LogP contribution in [0.4, 0.5) is 5.69 Å². The minimum atomic E-state index is -1.30. The fourth-order valence-corrected chi connectivity index (χ4v) is 6.87. The molecule has 0 amide bonds. The van der Waals surface area contributed by atoms with Gasteiger partial charge in [-0.1, -0.05) is 79.2 Å². The van der Waals surface area contributed by atoms with E-state index in [2.05, 4.69) is 47.3 Å². The first-order valence-electron chi connectivity index (χ1n) is 13.7. The molecule has 2 heterocycles. The van der Waals surface area contributed by atoms with Crippen LogP contribution >= 0.6 is 35.4 Å². The van der Waals surface area contributed by atoms with E-state index < -0.39 is 8.07 Å². The molecule has 2 aliphatic heterocycles. The average molecular weight is 613 g/mol. The zero-order valence-corrected chi connectivity index (χ0v) is 26.4. The van der Waals surface area contributed by atoms with E-state index in [4.69, 9.17) is 40.2 Å².